The van der Waals surface area contributed by atoms with E-state index in [1.54, 1.807) is 18.2 Å². The number of fused-ring (bicyclic) bond motifs is 1. The van der Waals surface area contributed by atoms with Crippen LogP contribution in [0.2, 0.25) is 5.02 Å². The van der Waals surface area contributed by atoms with Crippen LogP contribution in [0, 0.1) is 0 Å². The molecule has 0 saturated carbocycles. The smallest absolute Gasteiger partial charge is 0.261 e. The molecule has 1 atom stereocenters. The summed E-state index contributed by atoms with van der Waals surface area (Å²) < 4.78 is 5.48. The fraction of sp³-hybridized carbons (Fsp3) is 0.500. The van der Waals surface area contributed by atoms with E-state index < -0.39 is 6.10 Å². The van der Waals surface area contributed by atoms with Crippen molar-refractivity contribution >= 4 is 39.5 Å². The quantitative estimate of drug-likeness (QED) is 0.623. The van der Waals surface area contributed by atoms with Crippen LogP contribution in [0.5, 0.6) is 0 Å². The van der Waals surface area contributed by atoms with Crippen molar-refractivity contribution in [2.75, 3.05) is 26.2 Å². The fourth-order valence-electron chi connectivity index (χ4n) is 2.70. The van der Waals surface area contributed by atoms with E-state index in [-0.39, 0.29) is 17.7 Å². The third-order valence-electron chi connectivity index (χ3n) is 3.86. The van der Waals surface area contributed by atoms with Gasteiger partial charge in [0.15, 0.2) is 5.58 Å². The van der Waals surface area contributed by atoms with E-state index in [0.717, 1.165) is 13.1 Å². The number of oxazole rings is 1. The molecule has 0 amide bonds. The summed E-state index contributed by atoms with van der Waals surface area (Å²) in [6, 6.07) is 5.10. The molecule has 1 N–H and O–H groups in total. The highest BCUT2D eigenvalue weighted by molar-refractivity contribution is 6.68. The maximum absolute atomic E-state index is 10.00. The number of likely N-dealkylation sites (tertiary alicyclic amines) is 1. The van der Waals surface area contributed by atoms with Crippen molar-refractivity contribution in [2.24, 2.45) is 5.16 Å². The number of nitrogens with zero attached hydrogens (tertiary/aromatic N) is 3. The molecule has 8 heteroatoms. The molecular formula is C16H19Cl2N3O3. The van der Waals surface area contributed by atoms with Gasteiger partial charge in [-0.15, -0.1) is 0 Å². The van der Waals surface area contributed by atoms with E-state index >= 15 is 0 Å². The number of halogens is 2. The number of rotatable bonds is 6. The van der Waals surface area contributed by atoms with Gasteiger partial charge in [0, 0.05) is 17.6 Å². The van der Waals surface area contributed by atoms with Crippen molar-refractivity contribution in [2.45, 2.75) is 25.4 Å². The molecule has 6 nitrogen and oxygen atoms in total. The van der Waals surface area contributed by atoms with Gasteiger partial charge in [0.2, 0.25) is 5.17 Å². The maximum Gasteiger partial charge on any atom is 0.261 e. The molecule has 1 saturated heterocycles. The number of β-amino-alcohol motifs (C(OH)–C–C–N with tert-alkyl or cyclic N) is 1. The Bertz CT molecular complexity index is 714. The number of aromatic nitrogens is 1. The summed E-state index contributed by atoms with van der Waals surface area (Å²) in [6.45, 7) is 2.69. The van der Waals surface area contributed by atoms with Crippen LogP contribution in [-0.4, -0.2) is 52.5 Å². The Balaban J connectivity index is 1.53. The Morgan fingerprint density at radius 1 is 1.38 bits per heavy atom. The van der Waals surface area contributed by atoms with Crippen LogP contribution in [0.15, 0.2) is 27.8 Å². The second-order valence-electron chi connectivity index (χ2n) is 5.82. The molecule has 1 aromatic carbocycles. The Morgan fingerprint density at radius 3 is 2.96 bits per heavy atom. The molecule has 0 aliphatic carbocycles. The summed E-state index contributed by atoms with van der Waals surface area (Å²) in [4.78, 5) is 11.6. The van der Waals surface area contributed by atoms with Crippen LogP contribution in [0.1, 0.15) is 25.2 Å². The number of hydrogen-bond donors (Lipinski definition) is 1. The van der Waals surface area contributed by atoms with Crippen LogP contribution in [-0.2, 0) is 4.84 Å². The fourth-order valence-corrected chi connectivity index (χ4v) is 2.99. The van der Waals surface area contributed by atoms with Gasteiger partial charge in [-0.1, -0.05) is 34.8 Å². The molecule has 1 aliphatic rings. The Kier molecular flexibility index (Phi) is 5.94. The highest BCUT2D eigenvalue weighted by atomic mass is 35.5. The van der Waals surface area contributed by atoms with E-state index in [1.807, 2.05) is 0 Å². The van der Waals surface area contributed by atoms with Gasteiger partial charge in [-0.3, -0.25) is 0 Å². The molecule has 0 spiro atoms. The first-order chi connectivity index (χ1) is 11.6. The first-order valence-corrected chi connectivity index (χ1v) is 8.70. The van der Waals surface area contributed by atoms with Crippen LogP contribution in [0.25, 0.3) is 11.1 Å². The van der Waals surface area contributed by atoms with Crippen LogP contribution >= 0.6 is 23.2 Å². The summed E-state index contributed by atoms with van der Waals surface area (Å²) >= 11 is 11.9. The molecular weight excluding hydrogens is 353 g/mol. The Labute approximate surface area is 150 Å². The predicted octanol–water partition coefficient (Wildman–Crippen LogP) is 3.25. The van der Waals surface area contributed by atoms with Crippen molar-refractivity contribution < 1.29 is 14.4 Å². The molecule has 1 aliphatic heterocycles. The van der Waals surface area contributed by atoms with Gasteiger partial charge < -0.3 is 19.3 Å². The molecule has 130 valence electrons. The van der Waals surface area contributed by atoms with Crippen LogP contribution in [0.4, 0.5) is 0 Å². The third kappa shape index (κ3) is 4.60. The van der Waals surface area contributed by atoms with Gasteiger partial charge in [-0.2, -0.15) is 0 Å². The highest BCUT2D eigenvalue weighted by Crippen LogP contribution is 2.21. The van der Waals surface area contributed by atoms with Crippen LogP contribution in [0.3, 0.4) is 0 Å². The number of hydrogen-bond acceptors (Lipinski definition) is 6. The zero-order chi connectivity index (χ0) is 16.9. The van der Waals surface area contributed by atoms with E-state index in [4.69, 9.17) is 32.5 Å². The predicted molar refractivity (Wildman–Crippen MR) is 93.7 cm³/mol. The van der Waals surface area contributed by atoms with Crippen molar-refractivity contribution in [1.82, 2.24) is 9.88 Å². The standard InChI is InChI=1S/C16H19Cl2N3O3/c17-11-4-5-13-14(8-11)24-16(19-13)15(18)20-23-10-12(22)9-21-6-2-1-3-7-21/h4-5,8,12,22H,1-3,6-7,9-10H2/b20-15-. The number of aliphatic hydroxyl groups excluding tert-OH is 1. The minimum Gasteiger partial charge on any atom is -0.434 e. The largest absolute Gasteiger partial charge is 0.434 e. The Morgan fingerprint density at radius 2 is 2.17 bits per heavy atom. The van der Waals surface area contributed by atoms with Gasteiger partial charge in [-0.25, -0.2) is 4.98 Å². The lowest BCUT2D eigenvalue weighted by atomic mass is 10.1. The average molecular weight is 372 g/mol. The van der Waals surface area contributed by atoms with Gasteiger partial charge in [-0.05, 0) is 38.1 Å². The molecule has 24 heavy (non-hydrogen) atoms. The lowest BCUT2D eigenvalue weighted by Gasteiger charge is -2.27. The number of piperidine rings is 1. The van der Waals surface area contributed by atoms with Gasteiger partial charge in [0.1, 0.15) is 18.2 Å². The van der Waals surface area contributed by atoms with Crippen molar-refractivity contribution in [3.8, 4) is 0 Å². The van der Waals surface area contributed by atoms with E-state index in [2.05, 4.69) is 15.0 Å². The van der Waals surface area contributed by atoms with Crippen molar-refractivity contribution in [1.29, 1.82) is 0 Å². The van der Waals surface area contributed by atoms with E-state index in [1.165, 1.54) is 19.3 Å². The topological polar surface area (TPSA) is 71.1 Å². The second kappa shape index (κ2) is 8.16. The maximum atomic E-state index is 10.00. The summed E-state index contributed by atoms with van der Waals surface area (Å²) in [7, 11) is 0. The van der Waals surface area contributed by atoms with Gasteiger partial charge >= 0.3 is 0 Å². The van der Waals surface area contributed by atoms with Gasteiger partial charge in [0.25, 0.3) is 5.89 Å². The SMILES string of the molecule is OC(CO/N=C(\Cl)c1nc2ccc(Cl)cc2o1)CN1CCCCC1. The first kappa shape index (κ1) is 17.5. The van der Waals surface area contributed by atoms with Crippen LogP contribution < -0.4 is 0 Å². The molecule has 1 fully saturated rings. The summed E-state index contributed by atoms with van der Waals surface area (Å²) in [5, 5.41) is 14.3. The normalized spacial score (nSPS) is 18.0. The summed E-state index contributed by atoms with van der Waals surface area (Å²) in [5.41, 5.74) is 1.16. The summed E-state index contributed by atoms with van der Waals surface area (Å²) in [6.07, 6.45) is 3.01. The van der Waals surface area contributed by atoms with E-state index in [0.29, 0.717) is 22.7 Å². The third-order valence-corrected chi connectivity index (χ3v) is 4.32. The molecule has 2 heterocycles. The number of oxime groups is 1. The molecule has 0 bridgehead atoms. The summed E-state index contributed by atoms with van der Waals surface area (Å²) in [5.74, 6) is 0.152. The minimum atomic E-state index is -0.612. The molecule has 0 radical (unpaired) electrons. The molecule has 1 aromatic heterocycles. The lowest BCUT2D eigenvalue weighted by molar-refractivity contribution is 0.0160. The second-order valence-corrected chi connectivity index (χ2v) is 6.62. The molecule has 1 unspecified atom stereocenters. The number of benzene rings is 1. The Hall–Kier alpha value is -1.34. The zero-order valence-corrected chi connectivity index (χ0v) is 14.6. The molecule has 2 aromatic rings. The monoisotopic (exact) mass is 371 g/mol. The minimum absolute atomic E-state index is 0.00695. The molecule has 3 rings (SSSR count). The first-order valence-electron chi connectivity index (χ1n) is 7.94. The lowest BCUT2D eigenvalue weighted by Crippen LogP contribution is -2.38. The van der Waals surface area contributed by atoms with Crippen molar-refractivity contribution in [3.05, 3.63) is 29.1 Å². The highest BCUT2D eigenvalue weighted by Gasteiger charge is 2.16. The van der Waals surface area contributed by atoms with Gasteiger partial charge in [0.05, 0.1) is 0 Å². The number of aliphatic hydroxyl groups is 1. The zero-order valence-electron chi connectivity index (χ0n) is 13.1. The van der Waals surface area contributed by atoms with E-state index in [9.17, 15) is 5.11 Å². The average Bonchev–Trinajstić information content (AvgIpc) is 2.99. The van der Waals surface area contributed by atoms with Crippen molar-refractivity contribution in [3.63, 3.8) is 0 Å².